The highest BCUT2D eigenvalue weighted by Crippen LogP contribution is 2.23. The zero-order valence-corrected chi connectivity index (χ0v) is 8.74. The molecule has 0 aliphatic rings. The number of ether oxygens (including phenoxy) is 1. The maximum absolute atomic E-state index is 7.36. The molecule has 0 bridgehead atoms. The smallest absolute Gasteiger partial charge is 0.212 e. The summed E-state index contributed by atoms with van der Waals surface area (Å²) in [6.45, 7) is 0. The van der Waals surface area contributed by atoms with Crippen molar-refractivity contribution in [2.75, 3.05) is 7.11 Å². The zero-order valence-electron chi connectivity index (χ0n) is 6.40. The van der Waals surface area contributed by atoms with E-state index in [0.717, 1.165) is 4.47 Å². The fourth-order valence-electron chi connectivity index (χ4n) is 0.755. The van der Waals surface area contributed by atoms with Crippen LogP contribution in [0.1, 0.15) is 5.56 Å². The van der Waals surface area contributed by atoms with Crippen molar-refractivity contribution in [1.29, 1.82) is 5.41 Å². The highest BCUT2D eigenvalue weighted by atomic mass is 79.9. The van der Waals surface area contributed by atoms with Crippen LogP contribution in [0.2, 0.25) is 5.02 Å². The second-order valence-corrected chi connectivity index (χ2v) is 3.42. The van der Waals surface area contributed by atoms with Gasteiger partial charge in [-0.1, -0.05) is 11.6 Å². The molecule has 1 N–H and O–H groups in total. The van der Waals surface area contributed by atoms with Gasteiger partial charge in [-0.3, -0.25) is 5.41 Å². The molecule has 0 aliphatic carbocycles. The first-order valence-corrected chi connectivity index (χ1v) is 4.40. The van der Waals surface area contributed by atoms with E-state index in [1.54, 1.807) is 18.2 Å². The Hall–Kier alpha value is -0.540. The minimum Gasteiger partial charge on any atom is -0.481 e. The maximum atomic E-state index is 7.36. The molecule has 1 rings (SSSR count). The average Bonchev–Trinajstić information content (AvgIpc) is 2.08. The molecule has 64 valence electrons. The predicted molar refractivity (Wildman–Crippen MR) is 53.0 cm³/mol. The number of hydrogen-bond donors (Lipinski definition) is 1. The summed E-state index contributed by atoms with van der Waals surface area (Å²) in [6, 6.07) is 5.20. The average molecular weight is 249 g/mol. The van der Waals surface area contributed by atoms with Gasteiger partial charge in [0.1, 0.15) is 0 Å². The van der Waals surface area contributed by atoms with E-state index in [2.05, 4.69) is 15.9 Å². The Morgan fingerprint density at radius 3 is 2.75 bits per heavy atom. The second kappa shape index (κ2) is 3.92. The second-order valence-electron chi connectivity index (χ2n) is 2.16. The van der Waals surface area contributed by atoms with Crippen molar-refractivity contribution in [3.05, 3.63) is 33.3 Å². The third kappa shape index (κ3) is 1.99. The van der Waals surface area contributed by atoms with Gasteiger partial charge in [-0.25, -0.2) is 0 Å². The molecule has 1 aromatic carbocycles. The molecule has 0 saturated heterocycles. The number of nitrogens with one attached hydrogen (secondary N) is 1. The molecule has 0 heterocycles. The van der Waals surface area contributed by atoms with Crippen LogP contribution in [0.5, 0.6) is 0 Å². The summed E-state index contributed by atoms with van der Waals surface area (Å²) < 4.78 is 5.52. The molecular weight excluding hydrogens is 241 g/mol. The van der Waals surface area contributed by atoms with Crippen molar-refractivity contribution < 1.29 is 4.74 Å². The molecule has 4 heteroatoms. The van der Waals surface area contributed by atoms with Gasteiger partial charge >= 0.3 is 0 Å². The molecule has 12 heavy (non-hydrogen) atoms. The van der Waals surface area contributed by atoms with Crippen LogP contribution in [0, 0.1) is 5.41 Å². The van der Waals surface area contributed by atoms with Crippen molar-refractivity contribution in [3.8, 4) is 0 Å². The lowest BCUT2D eigenvalue weighted by Crippen LogP contribution is -2.00. The quantitative estimate of drug-likeness (QED) is 0.601. The molecule has 0 radical (unpaired) electrons. The van der Waals surface area contributed by atoms with E-state index in [1.165, 1.54) is 7.11 Å². The Kier molecular flexibility index (Phi) is 3.12. The van der Waals surface area contributed by atoms with Gasteiger partial charge in [-0.2, -0.15) is 0 Å². The summed E-state index contributed by atoms with van der Waals surface area (Å²) in [5.74, 6) is 0.132. The largest absolute Gasteiger partial charge is 0.481 e. The summed E-state index contributed by atoms with van der Waals surface area (Å²) in [4.78, 5) is 0. The monoisotopic (exact) mass is 247 g/mol. The number of methoxy groups -OCH3 is 1. The lowest BCUT2D eigenvalue weighted by atomic mass is 10.2. The van der Waals surface area contributed by atoms with Crippen LogP contribution in [-0.4, -0.2) is 13.0 Å². The molecule has 0 aliphatic heterocycles. The van der Waals surface area contributed by atoms with Gasteiger partial charge in [0.2, 0.25) is 5.90 Å². The Balaban J connectivity index is 3.05. The molecule has 0 amide bonds. The first-order valence-electron chi connectivity index (χ1n) is 3.23. The Morgan fingerprint density at radius 1 is 1.58 bits per heavy atom. The summed E-state index contributed by atoms with van der Waals surface area (Å²) in [5, 5.41) is 7.99. The predicted octanol–water partition coefficient (Wildman–Crippen LogP) is 3.07. The Bertz CT molecular complexity index is 314. The SMILES string of the molecule is COC(=N)c1ccc(Cl)c(Br)c1. The topological polar surface area (TPSA) is 33.1 Å². The van der Waals surface area contributed by atoms with Gasteiger partial charge in [0.05, 0.1) is 12.1 Å². The molecule has 1 aromatic rings. The van der Waals surface area contributed by atoms with Crippen molar-refractivity contribution in [2.45, 2.75) is 0 Å². The van der Waals surface area contributed by atoms with Crippen LogP contribution in [0.3, 0.4) is 0 Å². The summed E-state index contributed by atoms with van der Waals surface area (Å²) >= 11 is 9.03. The van der Waals surface area contributed by atoms with Gasteiger partial charge in [0.25, 0.3) is 0 Å². The molecule has 0 aromatic heterocycles. The summed E-state index contributed by atoms with van der Waals surface area (Å²) in [7, 11) is 1.46. The fourth-order valence-corrected chi connectivity index (χ4v) is 1.25. The molecule has 2 nitrogen and oxygen atoms in total. The highest BCUT2D eigenvalue weighted by Gasteiger charge is 2.03. The van der Waals surface area contributed by atoms with Crippen molar-refractivity contribution >= 4 is 33.4 Å². The van der Waals surface area contributed by atoms with E-state index in [0.29, 0.717) is 10.6 Å². The molecule has 0 saturated carbocycles. The van der Waals surface area contributed by atoms with Crippen LogP contribution >= 0.6 is 27.5 Å². The van der Waals surface area contributed by atoms with Gasteiger partial charge < -0.3 is 4.74 Å². The van der Waals surface area contributed by atoms with Gasteiger partial charge in [0.15, 0.2) is 0 Å². The lowest BCUT2D eigenvalue weighted by molar-refractivity contribution is 0.401. The van der Waals surface area contributed by atoms with Gasteiger partial charge in [-0.05, 0) is 34.1 Å². The standard InChI is InChI=1S/C8H7BrClNO/c1-12-8(11)5-2-3-7(10)6(9)4-5/h2-4,11H,1H3. The number of benzene rings is 1. The van der Waals surface area contributed by atoms with E-state index in [4.69, 9.17) is 21.7 Å². The normalized spacial score (nSPS) is 9.58. The third-order valence-corrected chi connectivity index (χ3v) is 2.60. The molecular formula is C8H7BrClNO. The minimum absolute atomic E-state index is 0.132. The van der Waals surface area contributed by atoms with E-state index >= 15 is 0 Å². The van der Waals surface area contributed by atoms with Crippen LogP contribution in [-0.2, 0) is 4.74 Å². The summed E-state index contributed by atoms with van der Waals surface area (Å²) in [5.41, 5.74) is 0.703. The third-order valence-electron chi connectivity index (χ3n) is 1.39. The first kappa shape index (κ1) is 9.55. The molecule has 0 unspecified atom stereocenters. The van der Waals surface area contributed by atoms with E-state index < -0.39 is 0 Å². The van der Waals surface area contributed by atoms with Crippen molar-refractivity contribution in [3.63, 3.8) is 0 Å². The Morgan fingerprint density at radius 2 is 2.25 bits per heavy atom. The van der Waals surface area contributed by atoms with E-state index in [1.807, 2.05) is 0 Å². The number of hydrogen-bond acceptors (Lipinski definition) is 2. The van der Waals surface area contributed by atoms with Gasteiger partial charge in [0, 0.05) is 10.0 Å². The zero-order chi connectivity index (χ0) is 9.14. The molecule has 0 fully saturated rings. The van der Waals surface area contributed by atoms with Crippen molar-refractivity contribution in [1.82, 2.24) is 0 Å². The van der Waals surface area contributed by atoms with Crippen LogP contribution in [0.25, 0.3) is 0 Å². The number of rotatable bonds is 1. The molecule has 0 spiro atoms. The van der Waals surface area contributed by atoms with Crippen LogP contribution in [0.4, 0.5) is 0 Å². The lowest BCUT2D eigenvalue weighted by Gasteiger charge is -2.02. The number of halogens is 2. The fraction of sp³-hybridized carbons (Fsp3) is 0.125. The van der Waals surface area contributed by atoms with Crippen molar-refractivity contribution in [2.24, 2.45) is 0 Å². The maximum Gasteiger partial charge on any atom is 0.212 e. The Labute approximate surface area is 84.1 Å². The van der Waals surface area contributed by atoms with Crippen LogP contribution in [0.15, 0.2) is 22.7 Å². The van der Waals surface area contributed by atoms with Gasteiger partial charge in [-0.15, -0.1) is 0 Å². The minimum atomic E-state index is 0.132. The first-order chi connectivity index (χ1) is 5.65. The molecule has 0 atom stereocenters. The highest BCUT2D eigenvalue weighted by molar-refractivity contribution is 9.10. The van der Waals surface area contributed by atoms with Crippen LogP contribution < -0.4 is 0 Å². The summed E-state index contributed by atoms with van der Waals surface area (Å²) in [6.07, 6.45) is 0. The van der Waals surface area contributed by atoms with E-state index in [9.17, 15) is 0 Å². The van der Waals surface area contributed by atoms with E-state index in [-0.39, 0.29) is 5.90 Å².